The summed E-state index contributed by atoms with van der Waals surface area (Å²) in [7, 11) is 2.13. The number of carbonyl (C=O) groups excluding carboxylic acids is 1. The van der Waals surface area contributed by atoms with Crippen LogP contribution < -0.4 is 0 Å². The molecule has 0 aromatic carbocycles. The fourth-order valence-corrected chi connectivity index (χ4v) is 3.54. The van der Waals surface area contributed by atoms with Gasteiger partial charge in [0.05, 0.1) is 12.1 Å². The maximum atomic E-state index is 12.4. The van der Waals surface area contributed by atoms with E-state index in [2.05, 4.69) is 29.0 Å². The Morgan fingerprint density at radius 1 is 1.10 bits per heavy atom. The van der Waals surface area contributed by atoms with Crippen LogP contribution >= 0.6 is 0 Å². The van der Waals surface area contributed by atoms with Crippen molar-refractivity contribution in [3.63, 3.8) is 0 Å². The molecule has 2 heterocycles. The number of likely N-dealkylation sites (N-methyl/N-ethyl adjacent to an activating group) is 1. The number of hydrogen-bond donors (Lipinski definition) is 1. The summed E-state index contributed by atoms with van der Waals surface area (Å²) in [5.41, 5.74) is 0. The van der Waals surface area contributed by atoms with E-state index < -0.39 is 6.10 Å². The van der Waals surface area contributed by atoms with Crippen LogP contribution in [0.1, 0.15) is 12.8 Å². The van der Waals surface area contributed by atoms with Crippen LogP contribution in [-0.4, -0.2) is 84.2 Å². The van der Waals surface area contributed by atoms with Gasteiger partial charge < -0.3 is 14.9 Å². The zero-order chi connectivity index (χ0) is 14.1. The second-order valence-electron chi connectivity index (χ2n) is 6.36. The first-order chi connectivity index (χ1) is 9.65. The number of likely N-dealkylation sites (tertiary alicyclic amines) is 1. The van der Waals surface area contributed by atoms with Gasteiger partial charge in [-0.25, -0.2) is 0 Å². The van der Waals surface area contributed by atoms with E-state index >= 15 is 0 Å². The number of β-amino-alcohol motifs (C(OH)–C–C–N with tert-alkyl or cyclic N) is 1. The van der Waals surface area contributed by atoms with E-state index in [1.165, 1.54) is 0 Å². The summed E-state index contributed by atoms with van der Waals surface area (Å²) in [6.07, 6.45) is 5.52. The van der Waals surface area contributed by atoms with Gasteiger partial charge in [-0.05, 0) is 19.9 Å². The number of rotatable bonds is 2. The molecule has 112 valence electrons. The molecule has 0 aromatic heterocycles. The molecule has 0 spiro atoms. The van der Waals surface area contributed by atoms with Crippen molar-refractivity contribution in [2.45, 2.75) is 25.0 Å². The molecule has 5 heteroatoms. The minimum Gasteiger partial charge on any atom is -0.390 e. The fraction of sp³-hybridized carbons (Fsp3) is 0.800. The van der Waals surface area contributed by atoms with E-state index in [9.17, 15) is 9.90 Å². The summed E-state index contributed by atoms with van der Waals surface area (Å²) >= 11 is 0. The highest BCUT2D eigenvalue weighted by molar-refractivity contribution is 5.80. The summed E-state index contributed by atoms with van der Waals surface area (Å²) in [6.45, 7) is 5.27. The monoisotopic (exact) mass is 279 g/mol. The Hall–Kier alpha value is -0.910. The van der Waals surface area contributed by atoms with E-state index in [-0.39, 0.29) is 17.9 Å². The average molecular weight is 279 g/mol. The number of carbonyl (C=O) groups is 1. The van der Waals surface area contributed by atoms with E-state index in [0.29, 0.717) is 13.1 Å². The quantitative estimate of drug-likeness (QED) is 0.710. The highest BCUT2D eigenvalue weighted by Gasteiger charge is 2.39. The summed E-state index contributed by atoms with van der Waals surface area (Å²) < 4.78 is 0. The maximum absolute atomic E-state index is 12.4. The first-order valence-electron chi connectivity index (χ1n) is 7.69. The highest BCUT2D eigenvalue weighted by Crippen LogP contribution is 2.25. The predicted octanol–water partition coefficient (Wildman–Crippen LogP) is -0.228. The standard InChI is InChI=1S/C15H25N3O2/c1-16-6-8-17(9-7-16)13-10-18(11-14(13)19)15(20)12-4-2-3-5-12/h2-3,12-14,19H,4-11H2,1H3/t13-,14-/m0/s1. The summed E-state index contributed by atoms with van der Waals surface area (Å²) in [5, 5.41) is 10.3. The van der Waals surface area contributed by atoms with Gasteiger partial charge in [0.2, 0.25) is 5.91 Å². The van der Waals surface area contributed by atoms with Crippen LogP contribution in [0.4, 0.5) is 0 Å². The molecule has 2 saturated heterocycles. The van der Waals surface area contributed by atoms with Crippen molar-refractivity contribution in [3.05, 3.63) is 12.2 Å². The minimum atomic E-state index is -0.392. The van der Waals surface area contributed by atoms with Gasteiger partial charge in [0.15, 0.2) is 0 Å². The van der Waals surface area contributed by atoms with Gasteiger partial charge in [-0.15, -0.1) is 0 Å². The number of aliphatic hydroxyl groups is 1. The SMILES string of the molecule is CN1CCN([C@H]2CN(C(=O)C3CC=CC3)C[C@@H]2O)CC1. The van der Waals surface area contributed by atoms with Crippen LogP contribution in [0.25, 0.3) is 0 Å². The largest absolute Gasteiger partial charge is 0.390 e. The molecule has 2 atom stereocenters. The Balaban J connectivity index is 1.57. The molecule has 3 rings (SSSR count). The van der Waals surface area contributed by atoms with Crippen LogP contribution in [0.3, 0.4) is 0 Å². The Morgan fingerprint density at radius 2 is 1.75 bits per heavy atom. The number of piperazine rings is 1. The van der Waals surface area contributed by atoms with E-state index in [1.54, 1.807) is 0 Å². The topological polar surface area (TPSA) is 47.0 Å². The number of aliphatic hydroxyl groups excluding tert-OH is 1. The molecule has 1 N–H and O–H groups in total. The van der Waals surface area contributed by atoms with Crippen molar-refractivity contribution in [2.24, 2.45) is 5.92 Å². The Labute approximate surface area is 120 Å². The van der Waals surface area contributed by atoms with Crippen molar-refractivity contribution in [3.8, 4) is 0 Å². The van der Waals surface area contributed by atoms with E-state index in [0.717, 1.165) is 39.0 Å². The van der Waals surface area contributed by atoms with Crippen LogP contribution in [0.5, 0.6) is 0 Å². The average Bonchev–Trinajstić information content (AvgIpc) is 3.08. The van der Waals surface area contributed by atoms with Gasteiger partial charge in [0, 0.05) is 45.2 Å². The van der Waals surface area contributed by atoms with Crippen molar-refractivity contribution in [2.75, 3.05) is 46.3 Å². The van der Waals surface area contributed by atoms with Crippen LogP contribution in [0, 0.1) is 5.92 Å². The molecule has 0 bridgehead atoms. The molecule has 1 aliphatic carbocycles. The van der Waals surface area contributed by atoms with Gasteiger partial charge >= 0.3 is 0 Å². The predicted molar refractivity (Wildman–Crippen MR) is 77.3 cm³/mol. The Bertz CT molecular complexity index is 383. The van der Waals surface area contributed by atoms with Gasteiger partial charge in [-0.3, -0.25) is 9.69 Å². The molecule has 0 radical (unpaired) electrons. The molecule has 3 aliphatic rings. The lowest BCUT2D eigenvalue weighted by molar-refractivity contribution is -0.134. The molecular formula is C15H25N3O2. The smallest absolute Gasteiger partial charge is 0.226 e. The third-order valence-corrected chi connectivity index (χ3v) is 4.93. The van der Waals surface area contributed by atoms with Crippen molar-refractivity contribution in [1.29, 1.82) is 0 Å². The van der Waals surface area contributed by atoms with Crippen molar-refractivity contribution in [1.82, 2.24) is 14.7 Å². The molecule has 1 amide bonds. The molecule has 0 saturated carbocycles. The zero-order valence-electron chi connectivity index (χ0n) is 12.2. The van der Waals surface area contributed by atoms with Gasteiger partial charge in [0.25, 0.3) is 0 Å². The van der Waals surface area contributed by atoms with Crippen LogP contribution in [-0.2, 0) is 4.79 Å². The molecule has 0 aromatic rings. The van der Waals surface area contributed by atoms with Crippen molar-refractivity contribution < 1.29 is 9.90 Å². The maximum Gasteiger partial charge on any atom is 0.226 e. The lowest BCUT2D eigenvalue weighted by Gasteiger charge is -2.37. The highest BCUT2D eigenvalue weighted by atomic mass is 16.3. The van der Waals surface area contributed by atoms with Crippen LogP contribution in [0.15, 0.2) is 12.2 Å². The van der Waals surface area contributed by atoms with Gasteiger partial charge in [0.1, 0.15) is 0 Å². The Morgan fingerprint density at radius 3 is 2.40 bits per heavy atom. The zero-order valence-corrected chi connectivity index (χ0v) is 12.2. The molecule has 2 aliphatic heterocycles. The Kier molecular flexibility index (Phi) is 4.10. The second kappa shape index (κ2) is 5.84. The van der Waals surface area contributed by atoms with Crippen molar-refractivity contribution >= 4 is 5.91 Å². The first kappa shape index (κ1) is 14.0. The fourth-order valence-electron chi connectivity index (χ4n) is 3.54. The van der Waals surface area contributed by atoms with Gasteiger partial charge in [-0.2, -0.15) is 0 Å². The molecule has 2 fully saturated rings. The molecule has 5 nitrogen and oxygen atoms in total. The van der Waals surface area contributed by atoms with E-state index in [4.69, 9.17) is 0 Å². The minimum absolute atomic E-state index is 0.119. The molecular weight excluding hydrogens is 254 g/mol. The summed E-state index contributed by atoms with van der Waals surface area (Å²) in [6, 6.07) is 0.127. The number of amides is 1. The lowest BCUT2D eigenvalue weighted by Crippen LogP contribution is -2.52. The molecule has 0 unspecified atom stereocenters. The second-order valence-corrected chi connectivity index (χ2v) is 6.36. The first-order valence-corrected chi connectivity index (χ1v) is 7.69. The third kappa shape index (κ3) is 2.75. The lowest BCUT2D eigenvalue weighted by atomic mass is 10.1. The number of allylic oxidation sites excluding steroid dienone is 2. The summed E-state index contributed by atoms with van der Waals surface area (Å²) in [5.74, 6) is 0.346. The number of hydrogen-bond acceptors (Lipinski definition) is 4. The van der Waals surface area contributed by atoms with E-state index in [1.807, 2.05) is 4.90 Å². The molecule has 20 heavy (non-hydrogen) atoms. The third-order valence-electron chi connectivity index (χ3n) is 4.93. The van der Waals surface area contributed by atoms with Gasteiger partial charge in [-0.1, -0.05) is 12.2 Å². The van der Waals surface area contributed by atoms with Crippen LogP contribution in [0.2, 0.25) is 0 Å². The summed E-state index contributed by atoms with van der Waals surface area (Å²) in [4.78, 5) is 19.0. The number of nitrogens with zero attached hydrogens (tertiary/aromatic N) is 3. The normalized spacial score (nSPS) is 33.2.